The van der Waals surface area contributed by atoms with Crippen molar-refractivity contribution in [1.82, 2.24) is 20.4 Å². The fourth-order valence-corrected chi connectivity index (χ4v) is 5.52. The summed E-state index contributed by atoms with van der Waals surface area (Å²) in [5.74, 6) is 2.38. The van der Waals surface area contributed by atoms with Gasteiger partial charge >= 0.3 is 5.97 Å². The maximum atomic E-state index is 11.6. The molecule has 0 spiro atoms. The predicted octanol–water partition coefficient (Wildman–Crippen LogP) is 4.41. The first-order valence-electron chi connectivity index (χ1n) is 13.2. The number of carbonyl (C=O) groups excluding carboxylic acids is 1. The van der Waals surface area contributed by atoms with Crippen molar-refractivity contribution < 1.29 is 14.1 Å². The molecule has 0 amide bonds. The molecule has 36 heavy (non-hydrogen) atoms. The number of ether oxygens (including phenoxy) is 1. The van der Waals surface area contributed by atoms with Crippen molar-refractivity contribution in [1.29, 1.82) is 0 Å². The normalized spacial score (nSPS) is 23.4. The van der Waals surface area contributed by atoms with Gasteiger partial charge in [0.15, 0.2) is 5.82 Å². The van der Waals surface area contributed by atoms with Crippen LogP contribution < -0.4 is 5.32 Å². The highest BCUT2D eigenvalue weighted by atomic mass is 16.5. The average molecular weight is 487 g/mol. The van der Waals surface area contributed by atoms with Crippen LogP contribution in [0.15, 0.2) is 59.1 Å². The van der Waals surface area contributed by atoms with Gasteiger partial charge in [-0.25, -0.2) is 4.79 Å². The van der Waals surface area contributed by atoms with Gasteiger partial charge in [0, 0.05) is 36.4 Å². The molecule has 1 N–H and O–H groups in total. The van der Waals surface area contributed by atoms with E-state index >= 15 is 0 Å². The summed E-state index contributed by atoms with van der Waals surface area (Å²) in [5.41, 5.74) is 3.28. The maximum absolute atomic E-state index is 11.6. The Balaban J connectivity index is 0.987. The predicted molar refractivity (Wildman–Crippen MR) is 136 cm³/mol. The van der Waals surface area contributed by atoms with Gasteiger partial charge in [0.25, 0.3) is 0 Å². The Morgan fingerprint density at radius 3 is 2.56 bits per heavy atom. The Kier molecular flexibility index (Phi) is 6.36. The third kappa shape index (κ3) is 4.95. The number of nitrogens with one attached hydrogen (secondary N) is 1. The Morgan fingerprint density at radius 1 is 1.11 bits per heavy atom. The summed E-state index contributed by atoms with van der Waals surface area (Å²) in [5, 5.41) is 8.22. The number of esters is 1. The molecule has 2 aromatic carbocycles. The van der Waals surface area contributed by atoms with Gasteiger partial charge < -0.3 is 14.6 Å². The van der Waals surface area contributed by atoms with E-state index in [0.717, 1.165) is 63.6 Å². The SMILES string of the molecule is COC(=O)c1ccc(CN2CCC(c3nc(C4(CN[C@@H]5C[C@H]5c5ccccc5)CC4)no3)CC2)cc1. The monoisotopic (exact) mass is 486 g/mol. The molecular formula is C29H34N4O3. The van der Waals surface area contributed by atoms with E-state index in [1.54, 1.807) is 0 Å². The first-order valence-corrected chi connectivity index (χ1v) is 13.2. The molecule has 3 aromatic rings. The van der Waals surface area contributed by atoms with Crippen molar-refractivity contribution in [3.63, 3.8) is 0 Å². The molecule has 2 heterocycles. The minimum absolute atomic E-state index is 0.0582. The van der Waals surface area contributed by atoms with Crippen molar-refractivity contribution in [3.05, 3.63) is 83.0 Å². The summed E-state index contributed by atoms with van der Waals surface area (Å²) in [6, 6.07) is 19.1. The van der Waals surface area contributed by atoms with Gasteiger partial charge in [-0.3, -0.25) is 4.90 Å². The highest BCUT2D eigenvalue weighted by Crippen LogP contribution is 2.48. The lowest BCUT2D eigenvalue weighted by Gasteiger charge is -2.30. The number of nitrogens with zero attached hydrogens (tertiary/aromatic N) is 3. The van der Waals surface area contributed by atoms with Crippen LogP contribution in [0.5, 0.6) is 0 Å². The minimum atomic E-state index is -0.297. The fraction of sp³-hybridized carbons (Fsp3) is 0.483. The number of aromatic nitrogens is 2. The van der Waals surface area contributed by atoms with Crippen LogP contribution in [0.25, 0.3) is 0 Å². The Morgan fingerprint density at radius 2 is 1.86 bits per heavy atom. The van der Waals surface area contributed by atoms with E-state index in [-0.39, 0.29) is 11.4 Å². The number of methoxy groups -OCH3 is 1. The fourth-order valence-electron chi connectivity index (χ4n) is 5.52. The van der Waals surface area contributed by atoms with Crippen LogP contribution in [-0.4, -0.2) is 53.8 Å². The van der Waals surface area contributed by atoms with E-state index < -0.39 is 0 Å². The van der Waals surface area contributed by atoms with Crippen molar-refractivity contribution in [2.75, 3.05) is 26.7 Å². The second-order valence-corrected chi connectivity index (χ2v) is 10.7. The van der Waals surface area contributed by atoms with Crippen molar-refractivity contribution in [2.24, 2.45) is 0 Å². The quantitative estimate of drug-likeness (QED) is 0.449. The molecule has 7 nitrogen and oxygen atoms in total. The van der Waals surface area contributed by atoms with Crippen LogP contribution in [0, 0.1) is 0 Å². The summed E-state index contributed by atoms with van der Waals surface area (Å²) in [6.45, 7) is 3.81. The molecule has 1 aromatic heterocycles. The lowest BCUT2D eigenvalue weighted by Crippen LogP contribution is -2.32. The minimum Gasteiger partial charge on any atom is -0.465 e. The maximum Gasteiger partial charge on any atom is 0.337 e. The molecule has 0 bridgehead atoms. The van der Waals surface area contributed by atoms with Crippen molar-refractivity contribution in [2.45, 2.75) is 61.9 Å². The smallest absolute Gasteiger partial charge is 0.337 e. The van der Waals surface area contributed by atoms with Crippen LogP contribution in [0.4, 0.5) is 0 Å². The zero-order valence-corrected chi connectivity index (χ0v) is 20.9. The zero-order chi connectivity index (χ0) is 24.5. The van der Waals surface area contributed by atoms with Gasteiger partial charge in [-0.2, -0.15) is 4.98 Å². The van der Waals surface area contributed by atoms with Crippen LogP contribution in [0.1, 0.15) is 77.1 Å². The molecule has 3 aliphatic rings. The zero-order valence-electron chi connectivity index (χ0n) is 20.9. The summed E-state index contributed by atoms with van der Waals surface area (Å²) < 4.78 is 10.6. The molecule has 2 aliphatic carbocycles. The Hall–Kier alpha value is -3.03. The summed E-state index contributed by atoms with van der Waals surface area (Å²) >= 11 is 0. The average Bonchev–Trinajstić information content (AvgIpc) is 3.84. The van der Waals surface area contributed by atoms with Crippen molar-refractivity contribution >= 4 is 5.97 Å². The molecule has 188 valence electrons. The Bertz CT molecular complexity index is 1180. The third-order valence-corrected chi connectivity index (χ3v) is 8.21. The molecule has 1 saturated heterocycles. The largest absolute Gasteiger partial charge is 0.465 e. The number of piperidine rings is 1. The second kappa shape index (κ2) is 9.79. The third-order valence-electron chi connectivity index (χ3n) is 8.21. The Labute approximate surface area is 212 Å². The molecule has 0 radical (unpaired) electrons. The number of rotatable bonds is 9. The van der Waals surface area contributed by atoms with E-state index in [9.17, 15) is 4.79 Å². The lowest BCUT2D eigenvalue weighted by atomic mass is 9.96. The van der Waals surface area contributed by atoms with Crippen LogP contribution in [0.3, 0.4) is 0 Å². The summed E-state index contributed by atoms with van der Waals surface area (Å²) in [7, 11) is 1.41. The summed E-state index contributed by atoms with van der Waals surface area (Å²) in [4.78, 5) is 19.0. The van der Waals surface area contributed by atoms with Crippen LogP contribution in [0.2, 0.25) is 0 Å². The van der Waals surface area contributed by atoms with E-state index in [1.165, 1.54) is 24.7 Å². The number of hydrogen-bond acceptors (Lipinski definition) is 7. The number of benzene rings is 2. The first kappa shape index (κ1) is 23.4. The van der Waals surface area contributed by atoms with E-state index in [1.807, 2.05) is 24.3 Å². The van der Waals surface area contributed by atoms with E-state index in [2.05, 4.69) is 45.7 Å². The molecule has 7 heteroatoms. The second-order valence-electron chi connectivity index (χ2n) is 10.7. The number of carbonyl (C=O) groups is 1. The molecule has 2 saturated carbocycles. The standard InChI is InChI=1S/C29H34N4O3/c1-35-27(34)23-9-7-20(8-10-23)18-33-15-11-22(12-16-33)26-31-28(32-36-26)29(13-14-29)19-30-25-17-24(25)21-5-3-2-4-6-21/h2-10,22,24-25,30H,11-19H2,1H3/t24-,25+/m0/s1. The number of hydrogen-bond donors (Lipinski definition) is 1. The van der Waals surface area contributed by atoms with Gasteiger partial charge in [0.05, 0.1) is 12.7 Å². The highest BCUT2D eigenvalue weighted by molar-refractivity contribution is 5.89. The molecule has 6 rings (SSSR count). The van der Waals surface area contributed by atoms with E-state index in [0.29, 0.717) is 23.4 Å². The van der Waals surface area contributed by atoms with Gasteiger partial charge in [-0.1, -0.05) is 47.6 Å². The van der Waals surface area contributed by atoms with Gasteiger partial charge in [-0.15, -0.1) is 0 Å². The molecule has 2 atom stereocenters. The molecular weight excluding hydrogens is 452 g/mol. The first-order chi connectivity index (χ1) is 17.6. The number of likely N-dealkylation sites (tertiary alicyclic amines) is 1. The highest BCUT2D eigenvalue weighted by Gasteiger charge is 2.50. The van der Waals surface area contributed by atoms with Crippen LogP contribution in [-0.2, 0) is 16.7 Å². The molecule has 1 aliphatic heterocycles. The summed E-state index contributed by atoms with van der Waals surface area (Å²) in [6.07, 6.45) is 5.53. The molecule has 0 unspecified atom stereocenters. The lowest BCUT2D eigenvalue weighted by molar-refractivity contribution is 0.0600. The topological polar surface area (TPSA) is 80.5 Å². The van der Waals surface area contributed by atoms with Crippen LogP contribution >= 0.6 is 0 Å². The van der Waals surface area contributed by atoms with E-state index in [4.69, 9.17) is 14.2 Å². The molecule has 3 fully saturated rings. The van der Waals surface area contributed by atoms with Gasteiger partial charge in [0.1, 0.15) is 0 Å². The van der Waals surface area contributed by atoms with Gasteiger partial charge in [0.2, 0.25) is 5.89 Å². The van der Waals surface area contributed by atoms with Gasteiger partial charge in [-0.05, 0) is 68.5 Å². The van der Waals surface area contributed by atoms with Crippen molar-refractivity contribution in [3.8, 4) is 0 Å².